The van der Waals surface area contributed by atoms with Gasteiger partial charge in [-0.15, -0.1) is 0 Å². The molecule has 0 bridgehead atoms. The van der Waals surface area contributed by atoms with Crippen molar-refractivity contribution in [1.82, 2.24) is 9.78 Å². The van der Waals surface area contributed by atoms with Crippen LogP contribution >= 0.6 is 0 Å². The molecule has 0 saturated carbocycles. The minimum atomic E-state index is -0.530. The SMILES string of the molecule is NC(=O)c1[c]cn(CCCN2CCc3ccccc32)n1. The second-order valence-electron chi connectivity index (χ2n) is 4.97. The smallest absolute Gasteiger partial charge is 0.269 e. The third-order valence-corrected chi connectivity index (χ3v) is 3.61. The average molecular weight is 269 g/mol. The molecular weight excluding hydrogens is 252 g/mol. The lowest BCUT2D eigenvalue weighted by atomic mass is 10.2. The molecule has 5 heteroatoms. The summed E-state index contributed by atoms with van der Waals surface area (Å²) < 4.78 is 1.72. The van der Waals surface area contributed by atoms with Crippen molar-refractivity contribution in [3.05, 3.63) is 47.8 Å². The summed E-state index contributed by atoms with van der Waals surface area (Å²) >= 11 is 0. The Labute approximate surface area is 118 Å². The Hall–Kier alpha value is -2.30. The molecule has 0 spiro atoms. The topological polar surface area (TPSA) is 64.2 Å². The Morgan fingerprint density at radius 2 is 2.20 bits per heavy atom. The molecule has 20 heavy (non-hydrogen) atoms. The highest BCUT2D eigenvalue weighted by atomic mass is 16.1. The van der Waals surface area contributed by atoms with E-state index in [2.05, 4.69) is 40.3 Å². The number of primary amides is 1. The molecule has 1 radical (unpaired) electrons. The Balaban J connectivity index is 1.54. The van der Waals surface area contributed by atoms with E-state index in [0.29, 0.717) is 0 Å². The first-order valence-electron chi connectivity index (χ1n) is 6.82. The molecule has 103 valence electrons. The molecule has 1 aromatic heterocycles. The van der Waals surface area contributed by atoms with Gasteiger partial charge < -0.3 is 10.6 Å². The number of amides is 1. The van der Waals surface area contributed by atoms with E-state index in [1.54, 1.807) is 10.9 Å². The third-order valence-electron chi connectivity index (χ3n) is 3.61. The quantitative estimate of drug-likeness (QED) is 0.888. The van der Waals surface area contributed by atoms with Gasteiger partial charge in [0.15, 0.2) is 5.69 Å². The molecule has 1 aliphatic rings. The maximum Gasteiger partial charge on any atom is 0.269 e. The molecular formula is C15H17N4O. The fourth-order valence-corrected chi connectivity index (χ4v) is 2.62. The van der Waals surface area contributed by atoms with Crippen LogP contribution in [0.5, 0.6) is 0 Å². The first kappa shape index (κ1) is 12.7. The van der Waals surface area contributed by atoms with Crippen LogP contribution in [0.25, 0.3) is 0 Å². The fourth-order valence-electron chi connectivity index (χ4n) is 2.62. The molecule has 0 saturated heterocycles. The molecule has 1 amide bonds. The van der Waals surface area contributed by atoms with Gasteiger partial charge in [-0.2, -0.15) is 5.10 Å². The van der Waals surface area contributed by atoms with Gasteiger partial charge in [0.2, 0.25) is 0 Å². The number of para-hydroxylation sites is 1. The van der Waals surface area contributed by atoms with E-state index >= 15 is 0 Å². The van der Waals surface area contributed by atoms with Gasteiger partial charge in [-0.3, -0.25) is 9.48 Å². The van der Waals surface area contributed by atoms with Crippen LogP contribution in [0.1, 0.15) is 22.5 Å². The number of carbonyl (C=O) groups excluding carboxylic acids is 1. The maximum absolute atomic E-state index is 10.9. The maximum atomic E-state index is 10.9. The van der Waals surface area contributed by atoms with Crippen molar-refractivity contribution >= 4 is 11.6 Å². The van der Waals surface area contributed by atoms with Crippen LogP contribution in [0.3, 0.4) is 0 Å². The molecule has 2 N–H and O–H groups in total. The predicted octanol–water partition coefficient (Wildman–Crippen LogP) is 1.23. The highest BCUT2D eigenvalue weighted by molar-refractivity contribution is 5.90. The van der Waals surface area contributed by atoms with E-state index in [9.17, 15) is 4.79 Å². The molecule has 1 aliphatic heterocycles. The molecule has 0 aliphatic carbocycles. The summed E-state index contributed by atoms with van der Waals surface area (Å²) in [6.45, 7) is 2.84. The standard InChI is InChI=1S/C15H17N4O/c16-15(20)13-7-11-19(17-13)9-3-8-18-10-6-12-4-1-2-5-14(12)18/h1-2,4-5,11H,3,6,8-10H2,(H2,16,20). The van der Waals surface area contributed by atoms with Crippen LogP contribution in [-0.4, -0.2) is 28.8 Å². The predicted molar refractivity (Wildman–Crippen MR) is 76.6 cm³/mol. The average Bonchev–Trinajstić information content (AvgIpc) is 3.06. The van der Waals surface area contributed by atoms with Gasteiger partial charge in [0, 0.05) is 37.6 Å². The van der Waals surface area contributed by atoms with Crippen molar-refractivity contribution in [3.8, 4) is 0 Å². The monoisotopic (exact) mass is 269 g/mol. The lowest BCUT2D eigenvalue weighted by molar-refractivity contribution is 0.0994. The summed E-state index contributed by atoms with van der Waals surface area (Å²) in [5.41, 5.74) is 8.13. The van der Waals surface area contributed by atoms with Crippen LogP contribution < -0.4 is 10.6 Å². The van der Waals surface area contributed by atoms with E-state index in [-0.39, 0.29) is 5.69 Å². The van der Waals surface area contributed by atoms with Gasteiger partial charge in [0.25, 0.3) is 5.91 Å². The van der Waals surface area contributed by atoms with Crippen molar-refractivity contribution in [2.45, 2.75) is 19.4 Å². The van der Waals surface area contributed by atoms with Crippen LogP contribution in [-0.2, 0) is 13.0 Å². The largest absolute Gasteiger partial charge is 0.371 e. The number of fused-ring (bicyclic) bond motifs is 1. The van der Waals surface area contributed by atoms with Crippen molar-refractivity contribution in [3.63, 3.8) is 0 Å². The van der Waals surface area contributed by atoms with E-state index in [0.717, 1.165) is 32.5 Å². The normalized spacial score (nSPS) is 13.5. The first-order valence-corrected chi connectivity index (χ1v) is 6.82. The second kappa shape index (κ2) is 5.36. The third kappa shape index (κ3) is 2.52. The minimum Gasteiger partial charge on any atom is -0.371 e. The van der Waals surface area contributed by atoms with Gasteiger partial charge in [0.05, 0.1) is 0 Å². The number of aryl methyl sites for hydroxylation is 1. The van der Waals surface area contributed by atoms with Crippen molar-refractivity contribution in [1.29, 1.82) is 0 Å². The Morgan fingerprint density at radius 3 is 3.00 bits per heavy atom. The highest BCUT2D eigenvalue weighted by Gasteiger charge is 2.17. The van der Waals surface area contributed by atoms with Gasteiger partial charge in [-0.1, -0.05) is 18.2 Å². The van der Waals surface area contributed by atoms with E-state index < -0.39 is 5.91 Å². The molecule has 2 aromatic rings. The van der Waals surface area contributed by atoms with Crippen molar-refractivity contribution in [2.75, 3.05) is 18.0 Å². The molecule has 1 aromatic carbocycles. The molecule has 3 rings (SSSR count). The number of anilines is 1. The molecule has 0 atom stereocenters. The van der Waals surface area contributed by atoms with Crippen LogP contribution in [0.2, 0.25) is 0 Å². The van der Waals surface area contributed by atoms with Crippen LogP contribution in [0.15, 0.2) is 30.5 Å². The summed E-state index contributed by atoms with van der Waals surface area (Å²) in [7, 11) is 0. The molecule has 0 fully saturated rings. The Morgan fingerprint density at radius 1 is 1.35 bits per heavy atom. The zero-order valence-electron chi connectivity index (χ0n) is 11.2. The summed E-state index contributed by atoms with van der Waals surface area (Å²) in [4.78, 5) is 13.3. The van der Waals surface area contributed by atoms with E-state index in [1.165, 1.54) is 11.3 Å². The number of rotatable bonds is 5. The van der Waals surface area contributed by atoms with Gasteiger partial charge >= 0.3 is 0 Å². The lowest BCUT2D eigenvalue weighted by Gasteiger charge is -2.19. The summed E-state index contributed by atoms with van der Waals surface area (Å²) in [6, 6.07) is 11.3. The zero-order valence-corrected chi connectivity index (χ0v) is 11.2. The minimum absolute atomic E-state index is 0.205. The van der Waals surface area contributed by atoms with Gasteiger partial charge in [0.1, 0.15) is 0 Å². The summed E-state index contributed by atoms with van der Waals surface area (Å²) in [5.74, 6) is -0.530. The zero-order chi connectivity index (χ0) is 13.9. The number of benzene rings is 1. The van der Waals surface area contributed by atoms with Crippen LogP contribution in [0, 0.1) is 6.07 Å². The number of nitrogens with two attached hydrogens (primary N) is 1. The molecule has 5 nitrogen and oxygen atoms in total. The van der Waals surface area contributed by atoms with Crippen LogP contribution in [0.4, 0.5) is 5.69 Å². The molecule has 0 unspecified atom stereocenters. The van der Waals surface area contributed by atoms with E-state index in [4.69, 9.17) is 5.73 Å². The Bertz CT molecular complexity index is 620. The fraction of sp³-hybridized carbons (Fsp3) is 0.333. The Kier molecular flexibility index (Phi) is 3.41. The summed E-state index contributed by atoms with van der Waals surface area (Å²) in [5, 5.41) is 4.09. The number of hydrogen-bond acceptors (Lipinski definition) is 3. The first-order chi connectivity index (χ1) is 9.74. The van der Waals surface area contributed by atoms with Gasteiger partial charge in [-0.05, 0) is 24.5 Å². The van der Waals surface area contributed by atoms with Gasteiger partial charge in [-0.25, -0.2) is 0 Å². The number of aromatic nitrogens is 2. The molecule has 2 heterocycles. The number of carbonyl (C=O) groups is 1. The second-order valence-corrected chi connectivity index (χ2v) is 4.97. The van der Waals surface area contributed by atoms with Crippen molar-refractivity contribution in [2.24, 2.45) is 5.73 Å². The highest BCUT2D eigenvalue weighted by Crippen LogP contribution is 2.27. The van der Waals surface area contributed by atoms with E-state index in [1.807, 2.05) is 0 Å². The van der Waals surface area contributed by atoms with Crippen molar-refractivity contribution < 1.29 is 4.79 Å². The number of nitrogens with zero attached hydrogens (tertiary/aromatic N) is 3. The summed E-state index contributed by atoms with van der Waals surface area (Å²) in [6.07, 6.45) is 3.78. The lowest BCUT2D eigenvalue weighted by Crippen LogP contribution is -2.23. The number of hydrogen-bond donors (Lipinski definition) is 1.